The second-order valence-corrected chi connectivity index (χ2v) is 2.65. The SMILES string of the molecule is Cc1nc(C(F)F)c(C(N)=O)cc1F. The van der Waals surface area contributed by atoms with E-state index in [1.54, 1.807) is 0 Å². The predicted molar refractivity (Wildman–Crippen MR) is 42.4 cm³/mol. The summed E-state index contributed by atoms with van der Waals surface area (Å²) in [6, 6.07) is 0.673. The summed E-state index contributed by atoms with van der Waals surface area (Å²) in [6.07, 6.45) is -2.95. The van der Waals surface area contributed by atoms with E-state index in [1.165, 1.54) is 6.92 Å². The number of primary amides is 1. The molecule has 0 aliphatic carbocycles. The summed E-state index contributed by atoms with van der Waals surface area (Å²) in [5.41, 5.74) is 3.24. The molecule has 2 N–H and O–H groups in total. The zero-order valence-electron chi connectivity index (χ0n) is 7.22. The Hall–Kier alpha value is -1.59. The zero-order valence-corrected chi connectivity index (χ0v) is 7.22. The molecule has 6 heteroatoms. The maximum absolute atomic E-state index is 12.9. The quantitative estimate of drug-likeness (QED) is 0.794. The van der Waals surface area contributed by atoms with Crippen molar-refractivity contribution in [3.05, 3.63) is 28.8 Å². The largest absolute Gasteiger partial charge is 0.366 e. The number of halogens is 3. The summed E-state index contributed by atoms with van der Waals surface area (Å²) in [5, 5.41) is 0. The summed E-state index contributed by atoms with van der Waals surface area (Å²) in [4.78, 5) is 13.9. The number of aryl methyl sites for hydroxylation is 1. The van der Waals surface area contributed by atoms with Gasteiger partial charge in [0, 0.05) is 0 Å². The van der Waals surface area contributed by atoms with Gasteiger partial charge in [0.05, 0.1) is 11.3 Å². The van der Waals surface area contributed by atoms with Crippen molar-refractivity contribution in [3.63, 3.8) is 0 Å². The van der Waals surface area contributed by atoms with Crippen LogP contribution in [0.3, 0.4) is 0 Å². The van der Waals surface area contributed by atoms with E-state index >= 15 is 0 Å². The van der Waals surface area contributed by atoms with Crippen LogP contribution in [0.4, 0.5) is 13.2 Å². The molecule has 0 aliphatic heterocycles. The molecule has 1 amide bonds. The Morgan fingerprint density at radius 3 is 2.57 bits per heavy atom. The van der Waals surface area contributed by atoms with E-state index in [2.05, 4.69) is 4.98 Å². The fraction of sp³-hybridized carbons (Fsp3) is 0.250. The average molecular weight is 204 g/mol. The number of amides is 1. The molecule has 0 saturated carbocycles. The number of alkyl halides is 2. The Morgan fingerprint density at radius 1 is 1.57 bits per heavy atom. The molecule has 0 aliphatic rings. The van der Waals surface area contributed by atoms with E-state index in [-0.39, 0.29) is 5.69 Å². The predicted octanol–water partition coefficient (Wildman–Crippen LogP) is 1.57. The van der Waals surface area contributed by atoms with Crippen molar-refractivity contribution in [2.45, 2.75) is 13.3 Å². The van der Waals surface area contributed by atoms with E-state index in [0.717, 1.165) is 0 Å². The molecular weight excluding hydrogens is 197 g/mol. The molecule has 0 unspecified atom stereocenters. The first-order valence-electron chi connectivity index (χ1n) is 3.68. The first kappa shape index (κ1) is 10.5. The van der Waals surface area contributed by atoms with Crippen molar-refractivity contribution in [1.29, 1.82) is 0 Å². The van der Waals surface area contributed by atoms with Gasteiger partial charge in [-0.05, 0) is 13.0 Å². The van der Waals surface area contributed by atoms with E-state index in [1.807, 2.05) is 0 Å². The highest BCUT2D eigenvalue weighted by Gasteiger charge is 2.20. The van der Waals surface area contributed by atoms with Crippen molar-refractivity contribution in [3.8, 4) is 0 Å². The van der Waals surface area contributed by atoms with Crippen molar-refractivity contribution in [2.24, 2.45) is 5.73 Å². The Kier molecular flexibility index (Phi) is 2.73. The molecule has 1 heterocycles. The molecule has 1 aromatic heterocycles. The minimum Gasteiger partial charge on any atom is -0.366 e. The second kappa shape index (κ2) is 3.65. The van der Waals surface area contributed by atoms with Crippen LogP contribution in [0.2, 0.25) is 0 Å². The third-order valence-corrected chi connectivity index (χ3v) is 1.65. The van der Waals surface area contributed by atoms with Crippen LogP contribution in [0.1, 0.15) is 28.2 Å². The monoisotopic (exact) mass is 204 g/mol. The number of pyridine rings is 1. The van der Waals surface area contributed by atoms with Crippen LogP contribution in [-0.4, -0.2) is 10.9 Å². The number of rotatable bonds is 2. The fourth-order valence-electron chi connectivity index (χ4n) is 0.963. The van der Waals surface area contributed by atoms with Gasteiger partial charge >= 0.3 is 0 Å². The molecule has 0 spiro atoms. The lowest BCUT2D eigenvalue weighted by Gasteiger charge is -2.06. The smallest absolute Gasteiger partial charge is 0.281 e. The van der Waals surface area contributed by atoms with Gasteiger partial charge in [-0.3, -0.25) is 4.79 Å². The fourth-order valence-corrected chi connectivity index (χ4v) is 0.963. The Balaban J connectivity index is 3.39. The molecular formula is C8H7F3N2O. The lowest BCUT2D eigenvalue weighted by Crippen LogP contribution is -2.16. The highest BCUT2D eigenvalue weighted by Crippen LogP contribution is 2.22. The Labute approximate surface area is 77.7 Å². The summed E-state index contributed by atoms with van der Waals surface area (Å²) in [7, 11) is 0. The summed E-state index contributed by atoms with van der Waals surface area (Å²) in [5.74, 6) is -1.95. The van der Waals surface area contributed by atoms with Gasteiger partial charge in [-0.2, -0.15) is 0 Å². The number of nitrogens with zero attached hydrogens (tertiary/aromatic N) is 1. The van der Waals surface area contributed by atoms with Crippen LogP contribution < -0.4 is 5.73 Å². The van der Waals surface area contributed by atoms with Gasteiger partial charge in [-0.25, -0.2) is 18.2 Å². The van der Waals surface area contributed by atoms with Gasteiger partial charge in [-0.15, -0.1) is 0 Å². The molecule has 1 aromatic rings. The highest BCUT2D eigenvalue weighted by atomic mass is 19.3. The average Bonchev–Trinajstić information content (AvgIpc) is 2.08. The lowest BCUT2D eigenvalue weighted by molar-refractivity contribution is 0.0982. The Bertz CT molecular complexity index is 379. The van der Waals surface area contributed by atoms with Crippen LogP contribution in [0.15, 0.2) is 6.07 Å². The van der Waals surface area contributed by atoms with Crippen LogP contribution in [0.5, 0.6) is 0 Å². The molecule has 0 bridgehead atoms. The van der Waals surface area contributed by atoms with E-state index in [9.17, 15) is 18.0 Å². The number of carbonyl (C=O) groups is 1. The maximum Gasteiger partial charge on any atom is 0.281 e. The normalized spacial score (nSPS) is 10.6. The molecule has 0 aromatic carbocycles. The first-order valence-corrected chi connectivity index (χ1v) is 3.68. The van der Waals surface area contributed by atoms with Crippen LogP contribution in [0, 0.1) is 12.7 Å². The van der Waals surface area contributed by atoms with Gasteiger partial charge in [0.15, 0.2) is 0 Å². The number of hydrogen-bond donors (Lipinski definition) is 1. The Morgan fingerprint density at radius 2 is 2.14 bits per heavy atom. The van der Waals surface area contributed by atoms with Gasteiger partial charge in [-0.1, -0.05) is 0 Å². The van der Waals surface area contributed by atoms with Crippen molar-refractivity contribution >= 4 is 5.91 Å². The molecule has 1 rings (SSSR count). The van der Waals surface area contributed by atoms with Crippen LogP contribution >= 0.6 is 0 Å². The van der Waals surface area contributed by atoms with Gasteiger partial charge < -0.3 is 5.73 Å². The summed E-state index contributed by atoms with van der Waals surface area (Å²) < 4.78 is 37.5. The van der Waals surface area contributed by atoms with Gasteiger partial charge in [0.25, 0.3) is 12.3 Å². The maximum atomic E-state index is 12.9. The highest BCUT2D eigenvalue weighted by molar-refractivity contribution is 5.94. The van der Waals surface area contributed by atoms with Crippen LogP contribution in [0.25, 0.3) is 0 Å². The third-order valence-electron chi connectivity index (χ3n) is 1.65. The second-order valence-electron chi connectivity index (χ2n) is 2.65. The molecule has 0 radical (unpaired) electrons. The zero-order chi connectivity index (χ0) is 10.9. The molecule has 0 atom stereocenters. The van der Waals surface area contributed by atoms with Gasteiger partial charge in [0.1, 0.15) is 11.5 Å². The van der Waals surface area contributed by atoms with E-state index in [0.29, 0.717) is 6.07 Å². The molecule has 3 nitrogen and oxygen atoms in total. The number of aromatic nitrogens is 1. The van der Waals surface area contributed by atoms with Crippen molar-refractivity contribution < 1.29 is 18.0 Å². The van der Waals surface area contributed by atoms with Gasteiger partial charge in [0.2, 0.25) is 0 Å². The van der Waals surface area contributed by atoms with Crippen LogP contribution in [-0.2, 0) is 0 Å². The standard InChI is InChI=1S/C8H7F3N2O/c1-3-5(9)2-4(8(12)14)6(13-3)7(10)11/h2,7H,1H3,(H2,12,14). The summed E-state index contributed by atoms with van der Waals surface area (Å²) >= 11 is 0. The van der Waals surface area contributed by atoms with E-state index < -0.39 is 29.4 Å². The number of nitrogens with two attached hydrogens (primary N) is 1. The third kappa shape index (κ3) is 1.84. The molecule has 0 saturated heterocycles. The topological polar surface area (TPSA) is 56.0 Å². The molecule has 0 fully saturated rings. The number of hydrogen-bond acceptors (Lipinski definition) is 2. The molecule has 76 valence electrons. The lowest BCUT2D eigenvalue weighted by atomic mass is 10.1. The molecule has 14 heavy (non-hydrogen) atoms. The summed E-state index contributed by atoms with van der Waals surface area (Å²) in [6.45, 7) is 1.23. The van der Waals surface area contributed by atoms with Crippen molar-refractivity contribution in [2.75, 3.05) is 0 Å². The minimum atomic E-state index is -2.95. The van der Waals surface area contributed by atoms with Crippen molar-refractivity contribution in [1.82, 2.24) is 4.98 Å². The van der Waals surface area contributed by atoms with E-state index in [4.69, 9.17) is 5.73 Å². The first-order chi connectivity index (χ1) is 6.43. The number of carbonyl (C=O) groups excluding carboxylic acids is 1. The minimum absolute atomic E-state index is 0.190.